The standard InChI is InChI=1S/C25H30N4O2/c1-2-31-23-10-8-21(9-11-23)19-28-16-13-22(14-17-28)29-24(12-15-26-29)27-25(30)18-20-6-4-3-5-7-20/h3-12,15,22H,2,13-14,16-19H2,1H3,(H,27,30). The van der Waals surface area contributed by atoms with Crippen LogP contribution in [0.15, 0.2) is 66.9 Å². The summed E-state index contributed by atoms with van der Waals surface area (Å²) >= 11 is 0. The molecule has 4 rings (SSSR count). The van der Waals surface area contributed by atoms with E-state index in [0.717, 1.165) is 49.6 Å². The quantitative estimate of drug-likeness (QED) is 0.593. The molecule has 3 aromatic rings. The van der Waals surface area contributed by atoms with Crippen LogP contribution >= 0.6 is 0 Å². The number of anilines is 1. The molecular formula is C25H30N4O2. The van der Waals surface area contributed by atoms with E-state index in [4.69, 9.17) is 4.74 Å². The van der Waals surface area contributed by atoms with E-state index in [2.05, 4.69) is 27.4 Å². The first kappa shape index (κ1) is 21.1. The van der Waals surface area contributed by atoms with Gasteiger partial charge in [0, 0.05) is 25.7 Å². The van der Waals surface area contributed by atoms with Gasteiger partial charge in [0.05, 0.1) is 25.3 Å². The average Bonchev–Trinajstić information content (AvgIpc) is 3.24. The molecule has 1 saturated heterocycles. The Labute approximate surface area is 183 Å². The summed E-state index contributed by atoms with van der Waals surface area (Å²) < 4.78 is 7.51. The minimum atomic E-state index is -0.0131. The Kier molecular flexibility index (Phi) is 6.99. The molecule has 0 unspecified atom stereocenters. The van der Waals surface area contributed by atoms with Crippen LogP contribution in [0.3, 0.4) is 0 Å². The van der Waals surface area contributed by atoms with Crippen molar-refractivity contribution in [3.8, 4) is 5.75 Å². The highest BCUT2D eigenvalue weighted by atomic mass is 16.5. The van der Waals surface area contributed by atoms with E-state index < -0.39 is 0 Å². The fourth-order valence-corrected chi connectivity index (χ4v) is 4.11. The second-order valence-electron chi connectivity index (χ2n) is 7.96. The van der Waals surface area contributed by atoms with Gasteiger partial charge in [-0.05, 0) is 43.0 Å². The lowest BCUT2D eigenvalue weighted by Gasteiger charge is -2.32. The SMILES string of the molecule is CCOc1ccc(CN2CCC(n3nccc3NC(=O)Cc3ccccc3)CC2)cc1. The van der Waals surface area contributed by atoms with E-state index >= 15 is 0 Å². The molecule has 6 nitrogen and oxygen atoms in total. The maximum absolute atomic E-state index is 12.5. The number of carbonyl (C=O) groups excluding carboxylic acids is 1. The normalized spacial score (nSPS) is 15.0. The van der Waals surface area contributed by atoms with Crippen LogP contribution in [-0.4, -0.2) is 40.3 Å². The number of likely N-dealkylation sites (tertiary alicyclic amines) is 1. The minimum absolute atomic E-state index is 0.0131. The van der Waals surface area contributed by atoms with Crippen molar-refractivity contribution < 1.29 is 9.53 Å². The maximum Gasteiger partial charge on any atom is 0.229 e. The van der Waals surface area contributed by atoms with Crippen LogP contribution in [0.25, 0.3) is 0 Å². The molecule has 0 bridgehead atoms. The maximum atomic E-state index is 12.5. The predicted octanol–water partition coefficient (Wildman–Crippen LogP) is 4.30. The molecule has 0 radical (unpaired) electrons. The zero-order valence-electron chi connectivity index (χ0n) is 18.0. The smallest absolute Gasteiger partial charge is 0.229 e. The van der Waals surface area contributed by atoms with Gasteiger partial charge in [0.15, 0.2) is 0 Å². The number of hydrogen-bond donors (Lipinski definition) is 1. The predicted molar refractivity (Wildman–Crippen MR) is 122 cm³/mol. The second-order valence-corrected chi connectivity index (χ2v) is 7.96. The summed E-state index contributed by atoms with van der Waals surface area (Å²) in [6.07, 6.45) is 4.16. The number of carbonyl (C=O) groups is 1. The van der Waals surface area contributed by atoms with Crippen LogP contribution in [0.1, 0.15) is 36.9 Å². The first-order valence-electron chi connectivity index (χ1n) is 11.0. The number of hydrogen-bond acceptors (Lipinski definition) is 4. The number of nitrogens with zero attached hydrogens (tertiary/aromatic N) is 3. The van der Waals surface area contributed by atoms with Gasteiger partial charge >= 0.3 is 0 Å². The van der Waals surface area contributed by atoms with Crippen molar-refractivity contribution in [2.24, 2.45) is 0 Å². The third kappa shape index (κ3) is 5.73. The van der Waals surface area contributed by atoms with Crippen molar-refractivity contribution in [2.75, 3.05) is 25.0 Å². The van der Waals surface area contributed by atoms with Crippen molar-refractivity contribution in [3.63, 3.8) is 0 Å². The number of amides is 1. The van der Waals surface area contributed by atoms with Gasteiger partial charge in [-0.3, -0.25) is 9.69 Å². The summed E-state index contributed by atoms with van der Waals surface area (Å²) in [7, 11) is 0. The minimum Gasteiger partial charge on any atom is -0.494 e. The lowest BCUT2D eigenvalue weighted by atomic mass is 10.0. The molecule has 2 aromatic carbocycles. The zero-order chi connectivity index (χ0) is 21.5. The highest BCUT2D eigenvalue weighted by Gasteiger charge is 2.23. The van der Waals surface area contributed by atoms with Crippen molar-refractivity contribution >= 4 is 11.7 Å². The number of ether oxygens (including phenoxy) is 1. The topological polar surface area (TPSA) is 59.4 Å². The lowest BCUT2D eigenvalue weighted by molar-refractivity contribution is -0.115. The summed E-state index contributed by atoms with van der Waals surface area (Å²) in [5.41, 5.74) is 2.31. The van der Waals surface area contributed by atoms with Gasteiger partial charge < -0.3 is 10.1 Å². The Bertz CT molecular complexity index is 961. The monoisotopic (exact) mass is 418 g/mol. The van der Waals surface area contributed by atoms with Gasteiger partial charge in [-0.25, -0.2) is 4.68 Å². The molecular weight excluding hydrogens is 388 g/mol. The third-order valence-electron chi connectivity index (χ3n) is 5.69. The molecule has 0 aliphatic carbocycles. The van der Waals surface area contributed by atoms with Crippen LogP contribution in [0.5, 0.6) is 5.75 Å². The molecule has 1 fully saturated rings. The molecule has 31 heavy (non-hydrogen) atoms. The van der Waals surface area contributed by atoms with Crippen molar-refractivity contribution in [1.29, 1.82) is 0 Å². The number of rotatable bonds is 8. The fourth-order valence-electron chi connectivity index (χ4n) is 4.11. The highest BCUT2D eigenvalue weighted by Crippen LogP contribution is 2.26. The molecule has 0 saturated carbocycles. The number of piperidine rings is 1. The van der Waals surface area contributed by atoms with E-state index in [1.54, 1.807) is 6.20 Å². The van der Waals surface area contributed by atoms with Gasteiger partial charge in [0.1, 0.15) is 11.6 Å². The van der Waals surface area contributed by atoms with Crippen LogP contribution in [0.2, 0.25) is 0 Å². The molecule has 1 aliphatic rings. The molecule has 162 valence electrons. The molecule has 1 amide bonds. The molecule has 1 N–H and O–H groups in total. The Balaban J connectivity index is 1.29. The van der Waals surface area contributed by atoms with E-state index in [1.165, 1.54) is 5.56 Å². The van der Waals surface area contributed by atoms with E-state index in [1.807, 2.05) is 60.1 Å². The largest absolute Gasteiger partial charge is 0.494 e. The van der Waals surface area contributed by atoms with Gasteiger partial charge in [-0.2, -0.15) is 5.10 Å². The lowest BCUT2D eigenvalue weighted by Crippen LogP contribution is -2.35. The van der Waals surface area contributed by atoms with E-state index in [-0.39, 0.29) is 5.91 Å². The van der Waals surface area contributed by atoms with Gasteiger partial charge in [-0.15, -0.1) is 0 Å². The number of aromatic nitrogens is 2. The average molecular weight is 419 g/mol. The number of nitrogens with one attached hydrogen (secondary N) is 1. The van der Waals surface area contributed by atoms with Crippen molar-refractivity contribution in [3.05, 3.63) is 78.0 Å². The van der Waals surface area contributed by atoms with Gasteiger partial charge in [0.25, 0.3) is 0 Å². The summed E-state index contributed by atoms with van der Waals surface area (Å²) in [5.74, 6) is 1.69. The van der Waals surface area contributed by atoms with Gasteiger partial charge in [-0.1, -0.05) is 42.5 Å². The Morgan fingerprint density at radius 1 is 1.03 bits per heavy atom. The van der Waals surface area contributed by atoms with Crippen molar-refractivity contribution in [1.82, 2.24) is 14.7 Å². The van der Waals surface area contributed by atoms with E-state index in [9.17, 15) is 4.79 Å². The van der Waals surface area contributed by atoms with Crippen LogP contribution in [-0.2, 0) is 17.8 Å². The molecule has 0 atom stereocenters. The van der Waals surface area contributed by atoms with Gasteiger partial charge in [0.2, 0.25) is 5.91 Å². The third-order valence-corrected chi connectivity index (χ3v) is 5.69. The Morgan fingerprint density at radius 3 is 2.48 bits per heavy atom. The Hall–Kier alpha value is -3.12. The molecule has 0 spiro atoms. The summed E-state index contributed by atoms with van der Waals surface area (Å²) in [6, 6.07) is 20.4. The van der Waals surface area contributed by atoms with Crippen LogP contribution in [0.4, 0.5) is 5.82 Å². The summed E-state index contributed by atoms with van der Waals surface area (Å²) in [6.45, 7) is 5.65. The van der Waals surface area contributed by atoms with Crippen LogP contribution in [0, 0.1) is 0 Å². The molecule has 6 heteroatoms. The highest BCUT2D eigenvalue weighted by molar-refractivity contribution is 5.91. The fraction of sp³-hybridized carbons (Fsp3) is 0.360. The van der Waals surface area contributed by atoms with E-state index in [0.29, 0.717) is 19.1 Å². The molecule has 2 heterocycles. The first-order chi connectivity index (χ1) is 15.2. The first-order valence-corrected chi connectivity index (χ1v) is 11.0. The Morgan fingerprint density at radius 2 is 1.77 bits per heavy atom. The molecule has 1 aromatic heterocycles. The zero-order valence-corrected chi connectivity index (χ0v) is 18.0. The summed E-state index contributed by atoms with van der Waals surface area (Å²) in [5, 5.41) is 7.54. The summed E-state index contributed by atoms with van der Waals surface area (Å²) in [4.78, 5) is 14.9. The second kappa shape index (κ2) is 10.3. The number of benzene rings is 2. The van der Waals surface area contributed by atoms with Crippen molar-refractivity contribution in [2.45, 2.75) is 38.8 Å². The van der Waals surface area contributed by atoms with Crippen LogP contribution < -0.4 is 10.1 Å². The molecule has 1 aliphatic heterocycles.